The van der Waals surface area contributed by atoms with Gasteiger partial charge in [0.05, 0.1) is 17.9 Å². The van der Waals surface area contributed by atoms with Gasteiger partial charge in [-0.15, -0.1) is 0 Å². The molecule has 150 valence electrons. The summed E-state index contributed by atoms with van der Waals surface area (Å²) < 4.78 is 9.39. The molecule has 0 unspecified atom stereocenters. The molecule has 1 aliphatic rings. The second-order valence-electron chi connectivity index (χ2n) is 8.55. The lowest BCUT2D eigenvalue weighted by Crippen LogP contribution is -2.28. The van der Waals surface area contributed by atoms with Gasteiger partial charge in [0.25, 0.3) is 0 Å². The number of carbonyl (C=O) groups is 1. The number of halogens is 1. The number of ether oxygens (including phenoxy) is 1. The van der Waals surface area contributed by atoms with E-state index in [9.17, 15) is 4.79 Å². The molecule has 0 N–H and O–H groups in total. The fourth-order valence-electron chi connectivity index (χ4n) is 4.22. The topological polar surface area (TPSA) is 31.2 Å². The van der Waals surface area contributed by atoms with E-state index in [0.717, 1.165) is 44.8 Å². The highest BCUT2D eigenvalue weighted by molar-refractivity contribution is 9.10. The largest absolute Gasteiger partial charge is 0.491 e. The summed E-state index contributed by atoms with van der Waals surface area (Å²) in [5.74, 6) is 0.888. The average Bonchev–Trinajstić information content (AvgIpc) is 2.96. The Balaban J connectivity index is 2.08. The van der Waals surface area contributed by atoms with E-state index >= 15 is 0 Å². The van der Waals surface area contributed by atoms with Gasteiger partial charge in [-0.1, -0.05) is 59.6 Å². The molecule has 0 radical (unpaired) electrons. The maximum Gasteiger partial charge on any atom is 0.169 e. The predicted molar refractivity (Wildman–Crippen MR) is 121 cm³/mol. The molecule has 0 atom stereocenters. The molecule has 3 nitrogen and oxygen atoms in total. The molecule has 1 heterocycles. The second kappa shape index (κ2) is 7.49. The Morgan fingerprint density at radius 3 is 2.31 bits per heavy atom. The summed E-state index contributed by atoms with van der Waals surface area (Å²) in [6, 6.07) is 16.7. The van der Waals surface area contributed by atoms with Gasteiger partial charge >= 0.3 is 0 Å². The van der Waals surface area contributed by atoms with Crippen LogP contribution in [0.2, 0.25) is 0 Å². The van der Waals surface area contributed by atoms with Crippen LogP contribution < -0.4 is 4.74 Å². The van der Waals surface area contributed by atoms with Crippen molar-refractivity contribution in [3.8, 4) is 22.7 Å². The molecular formula is C25H26BrNO2. The Labute approximate surface area is 180 Å². The Kier molecular flexibility index (Phi) is 5.16. The number of hydrogen-bond donors (Lipinski definition) is 0. The van der Waals surface area contributed by atoms with Crippen molar-refractivity contribution in [2.45, 2.75) is 40.5 Å². The predicted octanol–water partition coefficient (Wildman–Crippen LogP) is 6.77. The van der Waals surface area contributed by atoms with Crippen LogP contribution in [0, 0.1) is 12.3 Å². The van der Waals surface area contributed by atoms with Crippen LogP contribution >= 0.6 is 15.9 Å². The molecular weight excluding hydrogens is 426 g/mol. The van der Waals surface area contributed by atoms with E-state index in [1.54, 1.807) is 0 Å². The first-order chi connectivity index (χ1) is 13.8. The third kappa shape index (κ3) is 3.66. The van der Waals surface area contributed by atoms with E-state index in [1.165, 1.54) is 5.56 Å². The van der Waals surface area contributed by atoms with Crippen LogP contribution in [0.15, 0.2) is 53.0 Å². The quantitative estimate of drug-likeness (QED) is 0.438. The summed E-state index contributed by atoms with van der Waals surface area (Å²) in [5, 5.41) is 0. The van der Waals surface area contributed by atoms with E-state index in [1.807, 2.05) is 19.1 Å². The van der Waals surface area contributed by atoms with Crippen LogP contribution in [-0.4, -0.2) is 17.0 Å². The van der Waals surface area contributed by atoms with Crippen molar-refractivity contribution in [2.75, 3.05) is 6.61 Å². The molecule has 0 amide bonds. The monoisotopic (exact) mass is 451 g/mol. The van der Waals surface area contributed by atoms with Gasteiger partial charge in [0, 0.05) is 27.8 Å². The van der Waals surface area contributed by atoms with Crippen molar-refractivity contribution in [3.05, 3.63) is 69.8 Å². The fourth-order valence-corrected chi connectivity index (χ4v) is 4.49. The summed E-state index contributed by atoms with van der Waals surface area (Å²) in [5.41, 5.74) is 5.99. The third-order valence-electron chi connectivity index (χ3n) is 5.49. The van der Waals surface area contributed by atoms with Gasteiger partial charge in [-0.3, -0.25) is 4.79 Å². The van der Waals surface area contributed by atoms with Gasteiger partial charge in [-0.05, 0) is 49.9 Å². The number of benzene rings is 2. The highest BCUT2D eigenvalue weighted by Crippen LogP contribution is 2.47. The Morgan fingerprint density at radius 2 is 1.69 bits per heavy atom. The van der Waals surface area contributed by atoms with Crippen molar-refractivity contribution in [1.82, 2.24) is 4.57 Å². The molecule has 0 aliphatic heterocycles. The lowest BCUT2D eigenvalue weighted by Gasteiger charge is -2.29. The summed E-state index contributed by atoms with van der Waals surface area (Å²) in [6.45, 7) is 8.90. The number of rotatable bonds is 4. The molecule has 1 aliphatic carbocycles. The Morgan fingerprint density at radius 1 is 1.03 bits per heavy atom. The van der Waals surface area contributed by atoms with Crippen molar-refractivity contribution >= 4 is 21.7 Å². The maximum atomic E-state index is 13.2. The number of fused-ring (bicyclic) bond motifs is 1. The van der Waals surface area contributed by atoms with Crippen molar-refractivity contribution < 1.29 is 9.53 Å². The highest BCUT2D eigenvalue weighted by Gasteiger charge is 2.39. The lowest BCUT2D eigenvalue weighted by atomic mass is 9.76. The molecule has 3 aromatic rings. The minimum Gasteiger partial charge on any atom is -0.491 e. The van der Waals surface area contributed by atoms with Crippen molar-refractivity contribution in [2.24, 2.45) is 5.41 Å². The number of ketones is 1. The van der Waals surface area contributed by atoms with E-state index in [2.05, 4.69) is 77.7 Å². The normalized spacial score (nSPS) is 15.3. The van der Waals surface area contributed by atoms with E-state index in [4.69, 9.17) is 4.74 Å². The van der Waals surface area contributed by atoms with Gasteiger partial charge in [0.1, 0.15) is 0 Å². The third-order valence-corrected chi connectivity index (χ3v) is 6.02. The zero-order valence-electron chi connectivity index (χ0n) is 17.4. The first-order valence-electron chi connectivity index (χ1n) is 10.1. The van der Waals surface area contributed by atoms with Crippen LogP contribution in [0.3, 0.4) is 0 Å². The Bertz CT molecular complexity index is 1060. The molecule has 0 bridgehead atoms. The lowest BCUT2D eigenvalue weighted by molar-refractivity contribution is 0.0907. The zero-order chi connectivity index (χ0) is 20.8. The van der Waals surface area contributed by atoms with E-state index in [0.29, 0.717) is 13.0 Å². The number of carbonyl (C=O) groups excluding carboxylic acids is 1. The Hall–Kier alpha value is -2.33. The van der Waals surface area contributed by atoms with Gasteiger partial charge in [-0.2, -0.15) is 0 Å². The van der Waals surface area contributed by atoms with Gasteiger partial charge in [0.2, 0.25) is 0 Å². The molecule has 29 heavy (non-hydrogen) atoms. The van der Waals surface area contributed by atoms with Crippen LogP contribution in [0.1, 0.15) is 48.8 Å². The van der Waals surface area contributed by atoms with E-state index < -0.39 is 0 Å². The second-order valence-corrected chi connectivity index (χ2v) is 9.47. The summed E-state index contributed by atoms with van der Waals surface area (Å²) in [7, 11) is 0. The molecule has 4 heteroatoms. The van der Waals surface area contributed by atoms with E-state index in [-0.39, 0.29) is 11.2 Å². The first kappa shape index (κ1) is 20.0. The van der Waals surface area contributed by atoms with Crippen LogP contribution in [0.5, 0.6) is 5.75 Å². The highest BCUT2D eigenvalue weighted by atomic mass is 79.9. The number of hydrogen-bond acceptors (Lipinski definition) is 2. The van der Waals surface area contributed by atoms with Gasteiger partial charge < -0.3 is 9.30 Å². The maximum absolute atomic E-state index is 13.2. The number of Topliss-reactive ketones (excluding diaryl/α,β-unsaturated/α-hetero) is 1. The number of aryl methyl sites for hydroxylation is 1. The average molecular weight is 452 g/mol. The van der Waals surface area contributed by atoms with Gasteiger partial charge in [0.15, 0.2) is 11.5 Å². The van der Waals surface area contributed by atoms with Crippen molar-refractivity contribution in [3.63, 3.8) is 0 Å². The molecule has 0 spiro atoms. The standard InChI is InChI=1S/C25H26BrNO2/c1-5-29-24-22-20(14-25(3,4)15-21(22)28)27(19-12-10-18(26)11-13-19)23(24)17-8-6-16(2)7-9-17/h6-13H,5,14-15H2,1-4H3. The van der Waals surface area contributed by atoms with Crippen LogP contribution in [0.25, 0.3) is 16.9 Å². The molecule has 1 aromatic heterocycles. The smallest absolute Gasteiger partial charge is 0.169 e. The molecule has 0 saturated carbocycles. The molecule has 0 saturated heterocycles. The molecule has 0 fully saturated rings. The van der Waals surface area contributed by atoms with Crippen LogP contribution in [0.4, 0.5) is 0 Å². The van der Waals surface area contributed by atoms with Gasteiger partial charge in [-0.25, -0.2) is 0 Å². The minimum atomic E-state index is -0.0798. The molecule has 2 aromatic carbocycles. The first-order valence-corrected chi connectivity index (χ1v) is 10.9. The summed E-state index contributed by atoms with van der Waals surface area (Å²) >= 11 is 3.53. The zero-order valence-corrected chi connectivity index (χ0v) is 19.0. The SMILES string of the molecule is CCOc1c2c(n(-c3ccc(Br)cc3)c1-c1ccc(C)cc1)CC(C)(C)CC2=O. The number of nitrogens with zero attached hydrogens (tertiary/aromatic N) is 1. The number of aromatic nitrogens is 1. The van der Waals surface area contributed by atoms with Crippen molar-refractivity contribution in [1.29, 1.82) is 0 Å². The summed E-state index contributed by atoms with van der Waals surface area (Å²) in [6.07, 6.45) is 1.37. The molecule has 4 rings (SSSR count). The van der Waals surface area contributed by atoms with Crippen LogP contribution in [-0.2, 0) is 6.42 Å². The fraction of sp³-hybridized carbons (Fsp3) is 0.320. The summed E-state index contributed by atoms with van der Waals surface area (Å²) in [4.78, 5) is 13.2. The minimum absolute atomic E-state index is 0.0798.